The van der Waals surface area contributed by atoms with Gasteiger partial charge in [-0.3, -0.25) is 4.79 Å². The van der Waals surface area contributed by atoms with Crippen molar-refractivity contribution in [3.05, 3.63) is 12.2 Å². The number of nitrogens with one attached hydrogen (secondary N) is 1. The van der Waals surface area contributed by atoms with Gasteiger partial charge < -0.3 is 65.1 Å². The summed E-state index contributed by atoms with van der Waals surface area (Å²) in [6.45, 7) is 2.81. The summed E-state index contributed by atoms with van der Waals surface area (Å²) in [5.41, 5.74) is 0. The largest absolute Gasteiger partial charge is 0.394 e. The molecule has 12 unspecified atom stereocenters. The van der Waals surface area contributed by atoms with Crippen molar-refractivity contribution in [2.24, 2.45) is 0 Å². The summed E-state index contributed by atoms with van der Waals surface area (Å²) in [5.74, 6) is -0.237. The second-order valence-electron chi connectivity index (χ2n) is 20.4. The second-order valence-corrected chi connectivity index (χ2v) is 20.4. The number of carbonyl (C=O) groups is 1. The molecule has 69 heavy (non-hydrogen) atoms. The molecular weight excluding hydrogens is 883 g/mol. The minimum atomic E-state index is -1.78. The summed E-state index contributed by atoms with van der Waals surface area (Å²) < 4.78 is 22.7. The molecule has 408 valence electrons. The highest BCUT2D eigenvalue weighted by molar-refractivity contribution is 5.76. The van der Waals surface area contributed by atoms with Crippen LogP contribution in [0.3, 0.4) is 0 Å². The molecule has 0 aromatic heterocycles. The number of hydrogen-bond acceptors (Lipinski definition) is 13. The van der Waals surface area contributed by atoms with Gasteiger partial charge in [-0.1, -0.05) is 225 Å². The zero-order valence-corrected chi connectivity index (χ0v) is 43.6. The lowest BCUT2D eigenvalue weighted by Gasteiger charge is -2.46. The van der Waals surface area contributed by atoms with Crippen molar-refractivity contribution in [2.75, 3.05) is 19.8 Å². The molecule has 0 bridgehead atoms. The third-order valence-corrected chi connectivity index (χ3v) is 14.2. The van der Waals surface area contributed by atoms with E-state index in [1.807, 2.05) is 6.08 Å². The standard InChI is InChI=1S/C55H105NO13/c1-3-5-7-9-11-13-15-17-18-19-20-21-22-23-24-25-26-27-28-30-32-34-36-38-44(59)43(56-47(60)39-37-35-33-31-29-16-14-12-10-8-6-4-2)42-66-54-52(65)50(63)53(46(41-58)68-54)69-55-51(64)49(62)48(61)45(40-57)67-55/h36,38,43-46,48-55,57-59,61-65H,3-35,37,39-42H2,1-2H3,(H,56,60)/b38-36+. The predicted molar refractivity (Wildman–Crippen MR) is 272 cm³/mol. The molecule has 0 spiro atoms. The molecule has 2 aliphatic heterocycles. The van der Waals surface area contributed by atoms with Crippen molar-refractivity contribution in [2.45, 2.75) is 312 Å². The summed E-state index contributed by atoms with van der Waals surface area (Å²) in [7, 11) is 0. The minimum absolute atomic E-state index is 0.237. The number of ether oxygens (including phenoxy) is 4. The highest BCUT2D eigenvalue weighted by Gasteiger charge is 2.51. The van der Waals surface area contributed by atoms with Gasteiger partial charge in [0, 0.05) is 6.42 Å². The minimum Gasteiger partial charge on any atom is -0.394 e. The van der Waals surface area contributed by atoms with Gasteiger partial charge in [-0.05, 0) is 19.3 Å². The van der Waals surface area contributed by atoms with E-state index in [-0.39, 0.29) is 18.9 Å². The average molecular weight is 988 g/mol. The number of hydrogen-bond donors (Lipinski definition) is 9. The maximum atomic E-state index is 13.2. The number of amides is 1. The first-order valence-corrected chi connectivity index (χ1v) is 28.4. The zero-order chi connectivity index (χ0) is 50.3. The lowest BCUT2D eigenvalue weighted by molar-refractivity contribution is -0.359. The van der Waals surface area contributed by atoms with Gasteiger partial charge >= 0.3 is 0 Å². The summed E-state index contributed by atoms with van der Waals surface area (Å²) in [4.78, 5) is 13.2. The number of unbranched alkanes of at least 4 members (excludes halogenated alkanes) is 32. The molecule has 2 rings (SSSR count). The Labute approximate surface area is 418 Å². The second kappa shape index (κ2) is 42.1. The fourth-order valence-electron chi connectivity index (χ4n) is 9.59. The van der Waals surface area contributed by atoms with Gasteiger partial charge in [0.2, 0.25) is 5.91 Å². The highest BCUT2D eigenvalue weighted by atomic mass is 16.7. The molecule has 0 aromatic rings. The molecule has 2 saturated heterocycles. The van der Waals surface area contributed by atoms with Crippen LogP contribution in [0.25, 0.3) is 0 Å². The Morgan fingerprint density at radius 3 is 1.33 bits per heavy atom. The van der Waals surface area contributed by atoms with Gasteiger partial charge in [-0.15, -0.1) is 0 Å². The number of aliphatic hydroxyl groups is 8. The first kappa shape index (κ1) is 63.8. The van der Waals surface area contributed by atoms with Gasteiger partial charge in [-0.2, -0.15) is 0 Å². The summed E-state index contributed by atoms with van der Waals surface area (Å²) in [6, 6.07) is -0.908. The molecule has 0 saturated carbocycles. The van der Waals surface area contributed by atoms with Crippen LogP contribution in [-0.4, -0.2) is 140 Å². The lowest BCUT2D eigenvalue weighted by atomic mass is 9.97. The van der Waals surface area contributed by atoms with Crippen molar-refractivity contribution in [3.63, 3.8) is 0 Å². The van der Waals surface area contributed by atoms with E-state index in [0.29, 0.717) is 6.42 Å². The summed E-state index contributed by atoms with van der Waals surface area (Å²) in [5, 5.41) is 86.9. The van der Waals surface area contributed by atoms with Crippen molar-refractivity contribution < 1.29 is 64.6 Å². The quantitative estimate of drug-likeness (QED) is 0.0206. The molecule has 0 radical (unpaired) electrons. The topological polar surface area (TPSA) is 228 Å². The summed E-state index contributed by atoms with van der Waals surface area (Å²) >= 11 is 0. The Kier molecular flexibility index (Phi) is 39.0. The molecule has 9 N–H and O–H groups in total. The first-order valence-electron chi connectivity index (χ1n) is 28.4. The number of carbonyl (C=O) groups excluding carboxylic acids is 1. The third kappa shape index (κ3) is 28.7. The van der Waals surface area contributed by atoms with Gasteiger partial charge in [0.1, 0.15) is 48.8 Å². The van der Waals surface area contributed by atoms with Crippen LogP contribution in [0, 0.1) is 0 Å². The smallest absolute Gasteiger partial charge is 0.220 e. The molecule has 14 nitrogen and oxygen atoms in total. The lowest BCUT2D eigenvalue weighted by Crippen LogP contribution is -2.65. The van der Waals surface area contributed by atoms with Gasteiger partial charge in [0.25, 0.3) is 0 Å². The highest BCUT2D eigenvalue weighted by Crippen LogP contribution is 2.30. The van der Waals surface area contributed by atoms with Crippen LogP contribution in [0.1, 0.15) is 239 Å². The maximum absolute atomic E-state index is 13.2. The monoisotopic (exact) mass is 988 g/mol. The van der Waals surface area contributed by atoms with E-state index in [0.717, 1.165) is 38.5 Å². The fraction of sp³-hybridized carbons (Fsp3) is 0.945. The number of allylic oxidation sites excluding steroid dienone is 1. The van der Waals surface area contributed by atoms with E-state index >= 15 is 0 Å². The van der Waals surface area contributed by atoms with E-state index < -0.39 is 86.8 Å². The Morgan fingerprint density at radius 2 is 0.899 bits per heavy atom. The maximum Gasteiger partial charge on any atom is 0.220 e. The van der Waals surface area contributed by atoms with Crippen LogP contribution in [0.4, 0.5) is 0 Å². The Hall–Kier alpha value is -1.27. The van der Waals surface area contributed by atoms with Crippen LogP contribution >= 0.6 is 0 Å². The van der Waals surface area contributed by atoms with Crippen LogP contribution in [0.5, 0.6) is 0 Å². The van der Waals surface area contributed by atoms with Crippen molar-refractivity contribution >= 4 is 5.91 Å². The van der Waals surface area contributed by atoms with Crippen molar-refractivity contribution in [1.82, 2.24) is 5.32 Å². The SMILES string of the molecule is CCCCCCCCCCCCCCCCCCCCCCC/C=C/C(O)C(COC1OC(CO)C(OC2OC(CO)C(O)C(O)C2O)C(O)C1O)NC(=O)CCCCCCCCCCCCCC. The van der Waals surface area contributed by atoms with E-state index in [4.69, 9.17) is 18.9 Å². The third-order valence-electron chi connectivity index (χ3n) is 14.2. The molecule has 1 amide bonds. The molecule has 0 aliphatic carbocycles. The molecular formula is C55H105NO13. The van der Waals surface area contributed by atoms with Gasteiger partial charge in [0.15, 0.2) is 12.6 Å². The van der Waals surface area contributed by atoms with Gasteiger partial charge in [0.05, 0.1) is 32.0 Å². The molecule has 14 heteroatoms. The van der Waals surface area contributed by atoms with Crippen LogP contribution in [0.2, 0.25) is 0 Å². The van der Waals surface area contributed by atoms with Crippen molar-refractivity contribution in [1.29, 1.82) is 0 Å². The van der Waals surface area contributed by atoms with E-state index in [1.54, 1.807) is 6.08 Å². The molecule has 2 heterocycles. The Morgan fingerprint density at radius 1 is 0.507 bits per heavy atom. The van der Waals surface area contributed by atoms with Crippen molar-refractivity contribution in [3.8, 4) is 0 Å². The Balaban J connectivity index is 1.76. The fourth-order valence-corrected chi connectivity index (χ4v) is 9.59. The average Bonchev–Trinajstić information content (AvgIpc) is 3.35. The van der Waals surface area contributed by atoms with E-state index in [2.05, 4.69) is 19.2 Å². The molecule has 12 atom stereocenters. The molecule has 0 aromatic carbocycles. The molecule has 2 fully saturated rings. The van der Waals surface area contributed by atoms with Gasteiger partial charge in [-0.25, -0.2) is 0 Å². The predicted octanol–water partition coefficient (Wildman–Crippen LogP) is 8.72. The normalized spacial score (nSPS) is 26.2. The van der Waals surface area contributed by atoms with E-state index in [9.17, 15) is 45.6 Å². The zero-order valence-electron chi connectivity index (χ0n) is 43.6. The van der Waals surface area contributed by atoms with Crippen LogP contribution in [-0.2, 0) is 23.7 Å². The molecule has 2 aliphatic rings. The van der Waals surface area contributed by atoms with Crippen LogP contribution in [0.15, 0.2) is 12.2 Å². The Bertz CT molecular complexity index is 1210. The first-order chi connectivity index (χ1) is 33.6. The van der Waals surface area contributed by atoms with Crippen LogP contribution < -0.4 is 5.32 Å². The number of rotatable bonds is 45. The number of aliphatic hydroxyl groups excluding tert-OH is 8. The summed E-state index contributed by atoms with van der Waals surface area (Å²) in [6.07, 6.45) is 29.7. The van der Waals surface area contributed by atoms with E-state index in [1.165, 1.54) is 173 Å².